The molecule has 1 aliphatic rings. The smallest absolute Gasteiger partial charge is 0.273 e. The highest BCUT2D eigenvalue weighted by Gasteiger charge is 2.35. The first-order valence-corrected chi connectivity index (χ1v) is 12.3. The Morgan fingerprint density at radius 2 is 1.67 bits per heavy atom. The molecule has 1 aromatic heterocycles. The number of hydrogen-bond donors (Lipinski definition) is 0. The van der Waals surface area contributed by atoms with Gasteiger partial charge in [-0.2, -0.15) is 0 Å². The van der Waals surface area contributed by atoms with Gasteiger partial charge < -0.3 is 14.4 Å². The van der Waals surface area contributed by atoms with E-state index in [2.05, 4.69) is 9.97 Å². The number of amides is 1. The molecule has 2 heterocycles. The lowest BCUT2D eigenvalue weighted by atomic mass is 10.1. The molecule has 8 nitrogen and oxygen atoms in total. The van der Waals surface area contributed by atoms with Crippen LogP contribution in [0.5, 0.6) is 11.5 Å². The lowest BCUT2D eigenvalue weighted by Crippen LogP contribution is -2.23. The normalized spacial score (nSPS) is 13.2. The van der Waals surface area contributed by atoms with Gasteiger partial charge in [-0.05, 0) is 29.8 Å². The summed E-state index contributed by atoms with van der Waals surface area (Å²) < 4.78 is 35.0. The van der Waals surface area contributed by atoms with E-state index in [1.807, 2.05) is 12.1 Å². The number of sulfone groups is 1. The number of fused-ring (bicyclic) bond motifs is 1. The van der Waals surface area contributed by atoms with E-state index in [4.69, 9.17) is 32.7 Å². The minimum Gasteiger partial charge on any atom is -0.497 e. The largest absolute Gasteiger partial charge is 0.497 e. The standard InChI is InChI=1S/C22H19Cl2N3O5S/c1-31-13-6-4-12(5-7-13)10-27-11-15-19(14-8-18(32-2)17(24)9-16(14)23)25-22(33(3,29)30)26-20(15)21(27)28/h4-9H,10-11H2,1-3H3. The fraction of sp³-hybridized carbons (Fsp3) is 0.227. The number of rotatable bonds is 6. The summed E-state index contributed by atoms with van der Waals surface area (Å²) in [5.41, 5.74) is 2.01. The molecular weight excluding hydrogens is 489 g/mol. The second-order valence-corrected chi connectivity index (χ2v) is 10.2. The molecule has 11 heteroatoms. The molecule has 1 aliphatic heterocycles. The number of aromatic nitrogens is 2. The molecule has 0 spiro atoms. The fourth-order valence-electron chi connectivity index (χ4n) is 3.54. The van der Waals surface area contributed by atoms with Gasteiger partial charge in [0.15, 0.2) is 0 Å². The number of hydrogen-bond acceptors (Lipinski definition) is 7. The maximum atomic E-state index is 13.2. The molecule has 0 unspecified atom stereocenters. The van der Waals surface area contributed by atoms with Crippen LogP contribution in [0, 0.1) is 0 Å². The Morgan fingerprint density at radius 1 is 1.00 bits per heavy atom. The third-order valence-corrected chi connectivity index (χ3v) is 6.64. The van der Waals surface area contributed by atoms with E-state index in [-0.39, 0.29) is 28.0 Å². The van der Waals surface area contributed by atoms with Crippen molar-refractivity contribution in [2.24, 2.45) is 0 Å². The third kappa shape index (κ3) is 4.48. The first-order valence-electron chi connectivity index (χ1n) is 9.69. The summed E-state index contributed by atoms with van der Waals surface area (Å²) in [4.78, 5) is 23.1. The Bertz CT molecular complexity index is 1360. The number of ether oxygens (including phenoxy) is 2. The minimum absolute atomic E-state index is 0.0268. The summed E-state index contributed by atoms with van der Waals surface area (Å²) in [6.07, 6.45) is 0.983. The van der Waals surface area contributed by atoms with Crippen LogP contribution in [0.3, 0.4) is 0 Å². The highest BCUT2D eigenvalue weighted by atomic mass is 35.5. The summed E-state index contributed by atoms with van der Waals surface area (Å²) in [6, 6.07) is 10.4. The summed E-state index contributed by atoms with van der Waals surface area (Å²) in [5.74, 6) is 0.641. The monoisotopic (exact) mass is 507 g/mol. The summed E-state index contributed by atoms with van der Waals surface area (Å²) in [7, 11) is -0.781. The summed E-state index contributed by atoms with van der Waals surface area (Å²) in [5, 5.41) is 0.0700. The molecule has 172 valence electrons. The second kappa shape index (κ2) is 8.81. The van der Waals surface area contributed by atoms with Crippen molar-refractivity contribution in [3.8, 4) is 22.8 Å². The van der Waals surface area contributed by atoms with Gasteiger partial charge in [-0.25, -0.2) is 18.4 Å². The number of benzene rings is 2. The zero-order chi connectivity index (χ0) is 23.9. The van der Waals surface area contributed by atoms with Crippen molar-refractivity contribution in [1.82, 2.24) is 14.9 Å². The molecule has 0 N–H and O–H groups in total. The molecule has 0 bridgehead atoms. The van der Waals surface area contributed by atoms with Crippen molar-refractivity contribution in [1.29, 1.82) is 0 Å². The average molecular weight is 508 g/mol. The Balaban J connectivity index is 1.82. The molecule has 0 fully saturated rings. The number of methoxy groups -OCH3 is 2. The number of halogens is 2. The fourth-order valence-corrected chi connectivity index (χ4v) is 4.60. The molecular formula is C22H19Cl2N3O5S. The Morgan fingerprint density at radius 3 is 2.27 bits per heavy atom. The highest BCUT2D eigenvalue weighted by Crippen LogP contribution is 2.40. The molecule has 1 amide bonds. The third-order valence-electron chi connectivity index (χ3n) is 5.19. The van der Waals surface area contributed by atoms with Crippen LogP contribution >= 0.6 is 23.2 Å². The molecule has 33 heavy (non-hydrogen) atoms. The van der Waals surface area contributed by atoms with E-state index >= 15 is 0 Å². The Labute approximate surface area is 201 Å². The van der Waals surface area contributed by atoms with E-state index in [0.29, 0.717) is 29.2 Å². The van der Waals surface area contributed by atoms with Crippen molar-refractivity contribution >= 4 is 38.9 Å². The molecule has 3 aromatic rings. The van der Waals surface area contributed by atoms with Crippen LogP contribution in [-0.2, 0) is 22.9 Å². The van der Waals surface area contributed by atoms with E-state index in [9.17, 15) is 13.2 Å². The van der Waals surface area contributed by atoms with Gasteiger partial charge in [0, 0.05) is 23.9 Å². The van der Waals surface area contributed by atoms with Crippen molar-refractivity contribution in [2.75, 3.05) is 20.5 Å². The van der Waals surface area contributed by atoms with Gasteiger partial charge in [-0.1, -0.05) is 35.3 Å². The maximum absolute atomic E-state index is 13.2. The van der Waals surface area contributed by atoms with Crippen LogP contribution in [0.15, 0.2) is 41.6 Å². The second-order valence-electron chi connectivity index (χ2n) is 7.43. The quantitative estimate of drug-likeness (QED) is 0.464. The molecule has 0 radical (unpaired) electrons. The Hall–Kier alpha value is -2.88. The minimum atomic E-state index is -3.81. The SMILES string of the molecule is COc1ccc(CN2Cc3c(nc(S(C)(=O)=O)nc3-c3cc(OC)c(Cl)cc3Cl)C2=O)cc1. The molecule has 4 rings (SSSR count). The maximum Gasteiger partial charge on any atom is 0.273 e. The topological polar surface area (TPSA) is 98.7 Å². The van der Waals surface area contributed by atoms with Gasteiger partial charge in [0.1, 0.15) is 17.2 Å². The van der Waals surface area contributed by atoms with E-state index in [0.717, 1.165) is 11.8 Å². The zero-order valence-corrected chi connectivity index (χ0v) is 20.3. The Kier molecular flexibility index (Phi) is 6.22. The van der Waals surface area contributed by atoms with E-state index in [1.165, 1.54) is 13.2 Å². The summed E-state index contributed by atoms with van der Waals surface area (Å²) in [6.45, 7) is 0.478. The van der Waals surface area contributed by atoms with E-state index in [1.54, 1.807) is 30.2 Å². The van der Waals surface area contributed by atoms with Crippen molar-refractivity contribution in [2.45, 2.75) is 18.2 Å². The van der Waals surface area contributed by atoms with Crippen LogP contribution in [0.1, 0.15) is 21.6 Å². The first-order chi connectivity index (χ1) is 15.6. The van der Waals surface area contributed by atoms with Gasteiger partial charge >= 0.3 is 0 Å². The van der Waals surface area contributed by atoms with Crippen LogP contribution in [-0.4, -0.2) is 49.7 Å². The van der Waals surface area contributed by atoms with Gasteiger partial charge in [-0.15, -0.1) is 0 Å². The predicted molar refractivity (Wildman–Crippen MR) is 124 cm³/mol. The van der Waals surface area contributed by atoms with Crippen LogP contribution < -0.4 is 9.47 Å². The lowest BCUT2D eigenvalue weighted by molar-refractivity contribution is 0.0762. The number of carbonyl (C=O) groups excluding carboxylic acids is 1. The van der Waals surface area contributed by atoms with Crippen LogP contribution in [0.4, 0.5) is 0 Å². The van der Waals surface area contributed by atoms with Gasteiger partial charge in [0.05, 0.1) is 36.5 Å². The lowest BCUT2D eigenvalue weighted by Gasteiger charge is -2.16. The van der Waals surface area contributed by atoms with Crippen molar-refractivity contribution in [3.63, 3.8) is 0 Å². The van der Waals surface area contributed by atoms with Crippen molar-refractivity contribution < 1.29 is 22.7 Å². The van der Waals surface area contributed by atoms with Crippen molar-refractivity contribution in [3.05, 3.63) is 63.3 Å². The van der Waals surface area contributed by atoms with Crippen LogP contribution in [0.25, 0.3) is 11.3 Å². The number of nitrogens with zero attached hydrogens (tertiary/aromatic N) is 3. The molecule has 0 saturated carbocycles. The first kappa shape index (κ1) is 23.3. The molecule has 0 aliphatic carbocycles. The van der Waals surface area contributed by atoms with Gasteiger partial charge in [-0.3, -0.25) is 4.79 Å². The molecule has 2 aromatic carbocycles. The van der Waals surface area contributed by atoms with E-state index < -0.39 is 20.9 Å². The number of carbonyl (C=O) groups is 1. The summed E-state index contributed by atoms with van der Waals surface area (Å²) >= 11 is 12.6. The average Bonchev–Trinajstić information content (AvgIpc) is 3.09. The molecule has 0 saturated heterocycles. The zero-order valence-electron chi connectivity index (χ0n) is 17.9. The van der Waals surface area contributed by atoms with Crippen LogP contribution in [0.2, 0.25) is 10.0 Å². The molecule has 0 atom stereocenters. The highest BCUT2D eigenvalue weighted by molar-refractivity contribution is 7.90. The van der Waals surface area contributed by atoms with Gasteiger partial charge in [0.25, 0.3) is 5.91 Å². The predicted octanol–water partition coefficient (Wildman–Crippen LogP) is 4.03. The van der Waals surface area contributed by atoms with Gasteiger partial charge in [0.2, 0.25) is 15.0 Å².